The van der Waals surface area contributed by atoms with E-state index in [0.717, 1.165) is 27.6 Å². The van der Waals surface area contributed by atoms with Gasteiger partial charge < -0.3 is 15.0 Å². The van der Waals surface area contributed by atoms with Gasteiger partial charge in [0.1, 0.15) is 5.75 Å². The van der Waals surface area contributed by atoms with Crippen LogP contribution in [0.15, 0.2) is 53.7 Å². The third-order valence-electron chi connectivity index (χ3n) is 3.64. The molecule has 2 N–H and O–H groups in total. The molecule has 0 saturated heterocycles. The highest BCUT2D eigenvalue weighted by Gasteiger charge is 2.20. The smallest absolute Gasteiger partial charge is 0.237 e. The Hall–Kier alpha value is -2.47. The number of imidazole rings is 1. The van der Waals surface area contributed by atoms with Gasteiger partial charge in [0.25, 0.3) is 0 Å². The number of nitrogens with one attached hydrogen (secondary N) is 2. The summed E-state index contributed by atoms with van der Waals surface area (Å²) in [5, 5.41) is 3.48. The molecule has 24 heavy (non-hydrogen) atoms. The first-order valence-corrected chi connectivity index (χ1v) is 8.64. The Kier molecular flexibility index (Phi) is 5.05. The number of thioether (sulfide) groups is 1. The molecule has 0 spiro atoms. The highest BCUT2D eigenvalue weighted by atomic mass is 32.2. The number of H-pyrrole nitrogens is 1. The van der Waals surface area contributed by atoms with Gasteiger partial charge in [0.2, 0.25) is 5.91 Å². The molecular formula is C18H19N3O2S. The molecule has 1 heterocycles. The predicted molar refractivity (Wildman–Crippen MR) is 97.7 cm³/mol. The van der Waals surface area contributed by atoms with Gasteiger partial charge in [0.15, 0.2) is 5.16 Å². The van der Waals surface area contributed by atoms with Crippen molar-refractivity contribution in [1.29, 1.82) is 0 Å². The number of aromatic nitrogens is 2. The van der Waals surface area contributed by atoms with E-state index in [1.165, 1.54) is 11.8 Å². The molecule has 5 nitrogen and oxygen atoms in total. The van der Waals surface area contributed by atoms with Crippen molar-refractivity contribution in [2.45, 2.75) is 23.8 Å². The van der Waals surface area contributed by atoms with Gasteiger partial charge in [-0.2, -0.15) is 0 Å². The van der Waals surface area contributed by atoms with Gasteiger partial charge in [-0.1, -0.05) is 30.8 Å². The Morgan fingerprint density at radius 2 is 2.00 bits per heavy atom. The van der Waals surface area contributed by atoms with Crippen molar-refractivity contribution < 1.29 is 9.53 Å². The summed E-state index contributed by atoms with van der Waals surface area (Å²) in [6, 6.07) is 15.1. The number of fused-ring (bicyclic) bond motifs is 1. The first kappa shape index (κ1) is 16.4. The van der Waals surface area contributed by atoms with E-state index in [1.54, 1.807) is 7.11 Å². The number of methoxy groups -OCH3 is 1. The van der Waals surface area contributed by atoms with Crippen LogP contribution < -0.4 is 10.1 Å². The van der Waals surface area contributed by atoms with Crippen LogP contribution in [0.2, 0.25) is 0 Å². The van der Waals surface area contributed by atoms with Gasteiger partial charge in [-0.05, 0) is 42.8 Å². The monoisotopic (exact) mass is 341 g/mol. The minimum absolute atomic E-state index is 0.0341. The number of ether oxygens (including phenoxy) is 1. The largest absolute Gasteiger partial charge is 0.497 e. The van der Waals surface area contributed by atoms with Gasteiger partial charge in [-0.3, -0.25) is 4.79 Å². The van der Waals surface area contributed by atoms with Gasteiger partial charge in [-0.15, -0.1) is 0 Å². The second-order valence-electron chi connectivity index (χ2n) is 5.29. The van der Waals surface area contributed by atoms with Crippen molar-refractivity contribution in [3.8, 4) is 5.75 Å². The van der Waals surface area contributed by atoms with Crippen molar-refractivity contribution in [2.75, 3.05) is 12.4 Å². The van der Waals surface area contributed by atoms with E-state index < -0.39 is 0 Å². The van der Waals surface area contributed by atoms with Crippen molar-refractivity contribution >= 4 is 34.4 Å². The van der Waals surface area contributed by atoms with Gasteiger partial charge >= 0.3 is 0 Å². The molecule has 3 aromatic rings. The average molecular weight is 341 g/mol. The summed E-state index contributed by atoms with van der Waals surface area (Å²) in [5.74, 6) is 0.727. The number of aromatic amines is 1. The first-order chi connectivity index (χ1) is 11.7. The molecular weight excluding hydrogens is 322 g/mol. The Morgan fingerprint density at radius 1 is 1.25 bits per heavy atom. The van der Waals surface area contributed by atoms with E-state index in [-0.39, 0.29) is 11.2 Å². The molecule has 0 aliphatic carbocycles. The van der Waals surface area contributed by atoms with Crippen LogP contribution in [0, 0.1) is 0 Å². The van der Waals surface area contributed by atoms with Crippen LogP contribution in [0.3, 0.4) is 0 Å². The third-order valence-corrected chi connectivity index (χ3v) is 4.89. The van der Waals surface area contributed by atoms with E-state index in [1.807, 2.05) is 55.5 Å². The number of hydrogen-bond donors (Lipinski definition) is 2. The summed E-state index contributed by atoms with van der Waals surface area (Å²) < 4.78 is 5.12. The summed E-state index contributed by atoms with van der Waals surface area (Å²) in [6.07, 6.45) is 0.712. The van der Waals surface area contributed by atoms with E-state index in [9.17, 15) is 4.79 Å². The Balaban J connectivity index is 1.69. The number of benzene rings is 2. The minimum atomic E-state index is -0.215. The molecule has 1 amide bonds. The van der Waals surface area contributed by atoms with Gasteiger partial charge in [-0.25, -0.2) is 4.98 Å². The average Bonchev–Trinajstić information content (AvgIpc) is 3.02. The molecule has 124 valence electrons. The molecule has 0 saturated carbocycles. The van der Waals surface area contributed by atoms with Crippen molar-refractivity contribution in [3.05, 3.63) is 48.5 Å². The molecule has 1 unspecified atom stereocenters. The normalized spacial score (nSPS) is 12.1. The lowest BCUT2D eigenvalue weighted by Crippen LogP contribution is -2.24. The fraction of sp³-hybridized carbons (Fsp3) is 0.222. The van der Waals surface area contributed by atoms with Crippen LogP contribution in [0.4, 0.5) is 5.69 Å². The second-order valence-corrected chi connectivity index (χ2v) is 6.48. The fourth-order valence-corrected chi connectivity index (χ4v) is 3.26. The van der Waals surface area contributed by atoms with E-state index >= 15 is 0 Å². The van der Waals surface area contributed by atoms with Crippen molar-refractivity contribution in [1.82, 2.24) is 9.97 Å². The summed E-state index contributed by atoms with van der Waals surface area (Å²) in [6.45, 7) is 1.99. The van der Waals surface area contributed by atoms with Gasteiger partial charge in [0, 0.05) is 5.69 Å². The van der Waals surface area contributed by atoms with E-state index in [0.29, 0.717) is 6.42 Å². The molecule has 6 heteroatoms. The Labute approximate surface area is 144 Å². The van der Waals surface area contributed by atoms with Crippen LogP contribution in [0.5, 0.6) is 5.75 Å². The number of rotatable bonds is 6. The zero-order valence-corrected chi connectivity index (χ0v) is 14.4. The number of carbonyl (C=O) groups is 1. The lowest BCUT2D eigenvalue weighted by atomic mass is 10.2. The summed E-state index contributed by atoms with van der Waals surface area (Å²) in [7, 11) is 1.62. The van der Waals surface area contributed by atoms with Crippen molar-refractivity contribution in [3.63, 3.8) is 0 Å². The molecule has 0 bridgehead atoms. The summed E-state index contributed by atoms with van der Waals surface area (Å²) >= 11 is 1.45. The Bertz CT molecular complexity index is 797. The maximum Gasteiger partial charge on any atom is 0.237 e. The van der Waals surface area contributed by atoms with E-state index in [2.05, 4.69) is 15.3 Å². The number of amides is 1. The molecule has 3 rings (SSSR count). The molecule has 0 radical (unpaired) electrons. The Morgan fingerprint density at radius 3 is 2.67 bits per heavy atom. The zero-order valence-electron chi connectivity index (χ0n) is 13.6. The molecule has 1 aromatic heterocycles. The molecule has 0 aliphatic heterocycles. The summed E-state index contributed by atoms with van der Waals surface area (Å²) in [5.41, 5.74) is 2.64. The number of anilines is 1. The third kappa shape index (κ3) is 3.71. The molecule has 1 atom stereocenters. The van der Waals surface area contributed by atoms with Crippen LogP contribution >= 0.6 is 11.8 Å². The maximum absolute atomic E-state index is 12.5. The van der Waals surface area contributed by atoms with Crippen LogP contribution in [-0.4, -0.2) is 28.2 Å². The van der Waals surface area contributed by atoms with Crippen molar-refractivity contribution in [2.24, 2.45) is 0 Å². The van der Waals surface area contributed by atoms with Crippen LogP contribution in [0.25, 0.3) is 11.0 Å². The highest BCUT2D eigenvalue weighted by molar-refractivity contribution is 8.00. The number of nitrogens with zero attached hydrogens (tertiary/aromatic N) is 1. The fourth-order valence-electron chi connectivity index (χ4n) is 2.34. The zero-order chi connectivity index (χ0) is 16.9. The second kappa shape index (κ2) is 7.40. The quantitative estimate of drug-likeness (QED) is 0.663. The lowest BCUT2D eigenvalue weighted by Gasteiger charge is -2.13. The maximum atomic E-state index is 12.5. The first-order valence-electron chi connectivity index (χ1n) is 7.76. The number of para-hydroxylation sites is 2. The standard InChI is InChI=1S/C18H19N3O2S/c1-3-16(17(22)19-12-8-10-13(23-2)11-9-12)24-18-20-14-6-4-5-7-15(14)21-18/h4-11,16H,3H2,1-2H3,(H,19,22)(H,20,21). The molecule has 0 fully saturated rings. The van der Waals surface area contributed by atoms with Gasteiger partial charge in [0.05, 0.1) is 23.4 Å². The van der Waals surface area contributed by atoms with Crippen LogP contribution in [-0.2, 0) is 4.79 Å². The molecule has 2 aromatic carbocycles. The molecule has 0 aliphatic rings. The van der Waals surface area contributed by atoms with E-state index in [4.69, 9.17) is 4.74 Å². The van der Waals surface area contributed by atoms with Crippen LogP contribution in [0.1, 0.15) is 13.3 Å². The minimum Gasteiger partial charge on any atom is -0.497 e. The summed E-state index contributed by atoms with van der Waals surface area (Å²) in [4.78, 5) is 20.3. The number of hydrogen-bond acceptors (Lipinski definition) is 4. The predicted octanol–water partition coefficient (Wildman–Crippen LogP) is 4.08. The highest BCUT2D eigenvalue weighted by Crippen LogP contribution is 2.26. The SMILES string of the molecule is CCC(Sc1nc2ccccc2[nH]1)C(=O)Nc1ccc(OC)cc1. The lowest BCUT2D eigenvalue weighted by molar-refractivity contribution is -0.115. The topological polar surface area (TPSA) is 67.0 Å². The number of carbonyl (C=O) groups excluding carboxylic acids is 1.